The molecule has 0 radical (unpaired) electrons. The van der Waals surface area contributed by atoms with Crippen LogP contribution in [0, 0.1) is 0 Å². The van der Waals surface area contributed by atoms with E-state index in [0.717, 1.165) is 0 Å². The van der Waals surface area contributed by atoms with E-state index in [2.05, 4.69) is 17.2 Å². The molecule has 0 unspecified atom stereocenters. The van der Waals surface area contributed by atoms with E-state index in [1.165, 1.54) is 0 Å². The van der Waals surface area contributed by atoms with E-state index in [9.17, 15) is 9.59 Å². The molecule has 0 aliphatic rings. The molecule has 0 spiro atoms. The SMILES string of the molecule is C=CCOc1ccc(NC(=O)C(=O)NCCN(C)C)cc1. The highest BCUT2D eigenvalue weighted by Crippen LogP contribution is 2.15. The Bertz CT molecular complexity index is 483. The average molecular weight is 291 g/mol. The number of carbonyl (C=O) groups is 2. The minimum absolute atomic E-state index is 0.417. The first kappa shape index (κ1) is 16.7. The first-order valence-corrected chi connectivity index (χ1v) is 6.60. The van der Waals surface area contributed by atoms with Gasteiger partial charge in [-0.3, -0.25) is 9.59 Å². The molecular weight excluding hydrogens is 270 g/mol. The number of likely N-dealkylation sites (N-methyl/N-ethyl adjacent to an activating group) is 1. The molecule has 0 aromatic heterocycles. The molecule has 0 saturated carbocycles. The average Bonchev–Trinajstić information content (AvgIpc) is 2.46. The van der Waals surface area contributed by atoms with E-state index >= 15 is 0 Å². The van der Waals surface area contributed by atoms with E-state index in [0.29, 0.717) is 31.1 Å². The van der Waals surface area contributed by atoms with Gasteiger partial charge in [0.2, 0.25) is 0 Å². The van der Waals surface area contributed by atoms with E-state index in [1.54, 1.807) is 30.3 Å². The van der Waals surface area contributed by atoms with Crippen LogP contribution in [0.1, 0.15) is 0 Å². The van der Waals surface area contributed by atoms with Gasteiger partial charge in [-0.1, -0.05) is 12.7 Å². The van der Waals surface area contributed by atoms with Crippen LogP contribution >= 0.6 is 0 Å². The second-order valence-electron chi connectivity index (χ2n) is 4.64. The fourth-order valence-corrected chi connectivity index (χ4v) is 1.45. The van der Waals surface area contributed by atoms with Crippen LogP contribution < -0.4 is 15.4 Å². The van der Waals surface area contributed by atoms with Gasteiger partial charge in [-0.15, -0.1) is 0 Å². The molecule has 21 heavy (non-hydrogen) atoms. The predicted molar refractivity (Wildman–Crippen MR) is 82.3 cm³/mol. The number of ether oxygens (including phenoxy) is 1. The third-order valence-corrected chi connectivity index (χ3v) is 2.53. The fraction of sp³-hybridized carbons (Fsp3) is 0.333. The van der Waals surface area contributed by atoms with Crippen LogP contribution in [-0.2, 0) is 9.59 Å². The van der Waals surface area contributed by atoms with Gasteiger partial charge in [-0.25, -0.2) is 0 Å². The van der Waals surface area contributed by atoms with Gasteiger partial charge in [0, 0.05) is 18.8 Å². The Morgan fingerprint density at radius 3 is 2.48 bits per heavy atom. The van der Waals surface area contributed by atoms with E-state index in [4.69, 9.17) is 4.74 Å². The molecule has 0 bridgehead atoms. The topological polar surface area (TPSA) is 70.7 Å². The molecule has 114 valence electrons. The summed E-state index contributed by atoms with van der Waals surface area (Å²) in [5.41, 5.74) is 0.536. The summed E-state index contributed by atoms with van der Waals surface area (Å²) in [6.45, 7) is 5.07. The minimum Gasteiger partial charge on any atom is -0.490 e. The van der Waals surface area contributed by atoms with Crippen molar-refractivity contribution in [3.63, 3.8) is 0 Å². The zero-order valence-corrected chi connectivity index (χ0v) is 12.4. The van der Waals surface area contributed by atoms with Crippen molar-refractivity contribution in [3.8, 4) is 5.75 Å². The quantitative estimate of drug-likeness (QED) is 0.577. The van der Waals surface area contributed by atoms with Crippen LogP contribution in [0.2, 0.25) is 0 Å². The summed E-state index contributed by atoms with van der Waals surface area (Å²) in [6, 6.07) is 6.76. The third kappa shape index (κ3) is 6.58. The first-order chi connectivity index (χ1) is 10.0. The van der Waals surface area contributed by atoms with Crippen molar-refractivity contribution in [2.45, 2.75) is 0 Å². The Kier molecular flexibility index (Phi) is 6.97. The Balaban J connectivity index is 2.43. The van der Waals surface area contributed by atoms with Crippen molar-refractivity contribution < 1.29 is 14.3 Å². The summed E-state index contributed by atoms with van der Waals surface area (Å²) in [7, 11) is 3.78. The van der Waals surface area contributed by atoms with Gasteiger partial charge < -0.3 is 20.3 Å². The van der Waals surface area contributed by atoms with Gasteiger partial charge in [-0.05, 0) is 38.4 Å². The summed E-state index contributed by atoms with van der Waals surface area (Å²) in [5.74, 6) is -0.666. The lowest BCUT2D eigenvalue weighted by Crippen LogP contribution is -2.38. The van der Waals surface area contributed by atoms with Gasteiger partial charge in [-0.2, -0.15) is 0 Å². The summed E-state index contributed by atoms with van der Waals surface area (Å²) in [4.78, 5) is 25.1. The maximum Gasteiger partial charge on any atom is 0.313 e. The number of hydrogen-bond acceptors (Lipinski definition) is 4. The van der Waals surface area contributed by atoms with E-state index in [-0.39, 0.29) is 0 Å². The minimum atomic E-state index is -0.687. The van der Waals surface area contributed by atoms with Crippen LogP contribution in [0.3, 0.4) is 0 Å². The van der Waals surface area contributed by atoms with Crippen molar-refractivity contribution in [3.05, 3.63) is 36.9 Å². The maximum absolute atomic E-state index is 11.7. The Morgan fingerprint density at radius 2 is 1.90 bits per heavy atom. The molecule has 0 heterocycles. The Hall–Kier alpha value is -2.34. The molecular formula is C15H21N3O3. The molecule has 1 aromatic carbocycles. The number of hydrogen-bond donors (Lipinski definition) is 2. The zero-order chi connectivity index (χ0) is 15.7. The summed E-state index contributed by atoms with van der Waals surface area (Å²) in [6.07, 6.45) is 1.65. The number of rotatable bonds is 7. The van der Waals surface area contributed by atoms with Crippen LogP contribution in [-0.4, -0.2) is 50.5 Å². The molecule has 1 rings (SSSR count). The molecule has 0 fully saturated rings. The van der Waals surface area contributed by atoms with E-state index < -0.39 is 11.8 Å². The zero-order valence-electron chi connectivity index (χ0n) is 12.4. The molecule has 0 saturated heterocycles. The van der Waals surface area contributed by atoms with Gasteiger partial charge in [0.1, 0.15) is 12.4 Å². The second-order valence-corrected chi connectivity index (χ2v) is 4.64. The fourth-order valence-electron chi connectivity index (χ4n) is 1.45. The van der Waals surface area contributed by atoms with Crippen LogP contribution in [0.15, 0.2) is 36.9 Å². The number of nitrogens with zero attached hydrogens (tertiary/aromatic N) is 1. The number of benzene rings is 1. The van der Waals surface area contributed by atoms with Gasteiger partial charge >= 0.3 is 11.8 Å². The smallest absolute Gasteiger partial charge is 0.313 e. The van der Waals surface area contributed by atoms with Gasteiger partial charge in [0.25, 0.3) is 0 Å². The highest BCUT2D eigenvalue weighted by atomic mass is 16.5. The van der Waals surface area contributed by atoms with Gasteiger partial charge in [0.15, 0.2) is 0 Å². The second kappa shape index (κ2) is 8.76. The summed E-state index contributed by atoms with van der Waals surface area (Å²) < 4.78 is 5.32. The molecule has 6 heteroatoms. The molecule has 6 nitrogen and oxygen atoms in total. The van der Waals surface area contributed by atoms with Crippen LogP contribution in [0.4, 0.5) is 5.69 Å². The number of anilines is 1. The molecule has 0 atom stereocenters. The lowest BCUT2D eigenvalue weighted by Gasteiger charge is -2.10. The van der Waals surface area contributed by atoms with Crippen molar-refractivity contribution in [2.75, 3.05) is 39.1 Å². The Labute approximate surface area is 124 Å². The number of carbonyl (C=O) groups excluding carboxylic acids is 2. The van der Waals surface area contributed by atoms with Gasteiger partial charge in [0.05, 0.1) is 0 Å². The third-order valence-electron chi connectivity index (χ3n) is 2.53. The lowest BCUT2D eigenvalue weighted by molar-refractivity contribution is -0.136. The van der Waals surface area contributed by atoms with Crippen molar-refractivity contribution in [1.29, 1.82) is 0 Å². The summed E-state index contributed by atoms with van der Waals surface area (Å²) >= 11 is 0. The van der Waals surface area contributed by atoms with E-state index in [1.807, 2.05) is 19.0 Å². The normalized spacial score (nSPS) is 10.0. The largest absolute Gasteiger partial charge is 0.490 e. The van der Waals surface area contributed by atoms with Crippen molar-refractivity contribution in [2.24, 2.45) is 0 Å². The predicted octanol–water partition coefficient (Wildman–Crippen LogP) is 0.868. The molecule has 2 N–H and O–H groups in total. The highest BCUT2D eigenvalue weighted by Gasteiger charge is 2.12. The number of nitrogens with one attached hydrogen (secondary N) is 2. The Morgan fingerprint density at radius 1 is 1.24 bits per heavy atom. The molecule has 0 aliphatic heterocycles. The van der Waals surface area contributed by atoms with Crippen LogP contribution in [0.25, 0.3) is 0 Å². The standard InChI is InChI=1S/C15H21N3O3/c1-4-11-21-13-7-5-12(6-8-13)17-15(20)14(19)16-9-10-18(2)3/h4-8H,1,9-11H2,2-3H3,(H,16,19)(H,17,20). The maximum atomic E-state index is 11.7. The number of amides is 2. The highest BCUT2D eigenvalue weighted by molar-refractivity contribution is 6.39. The molecule has 1 aromatic rings. The molecule has 2 amide bonds. The molecule has 0 aliphatic carbocycles. The monoisotopic (exact) mass is 291 g/mol. The van der Waals surface area contributed by atoms with Crippen molar-refractivity contribution >= 4 is 17.5 Å². The lowest BCUT2D eigenvalue weighted by atomic mass is 10.3. The van der Waals surface area contributed by atoms with Crippen LogP contribution in [0.5, 0.6) is 5.75 Å². The van der Waals surface area contributed by atoms with Crippen molar-refractivity contribution in [1.82, 2.24) is 10.2 Å². The summed E-state index contributed by atoms with van der Waals surface area (Å²) in [5, 5.41) is 5.07. The first-order valence-electron chi connectivity index (χ1n) is 6.60.